The Morgan fingerprint density at radius 2 is 2.37 bits per heavy atom. The van der Waals surface area contributed by atoms with E-state index in [9.17, 15) is 14.5 Å². The summed E-state index contributed by atoms with van der Waals surface area (Å²) in [5, 5.41) is 17.0. The molecule has 0 saturated carbocycles. The molecule has 6 heteroatoms. The van der Waals surface area contributed by atoms with Crippen molar-refractivity contribution in [3.63, 3.8) is 0 Å². The quantitative estimate of drug-likeness (QED) is 0.635. The van der Waals surface area contributed by atoms with Gasteiger partial charge in [0.25, 0.3) is 5.69 Å². The lowest BCUT2D eigenvalue weighted by molar-refractivity contribution is -0.384. The van der Waals surface area contributed by atoms with Crippen molar-refractivity contribution in [1.82, 2.24) is 5.32 Å². The van der Waals surface area contributed by atoms with Gasteiger partial charge in [-0.25, -0.2) is 4.39 Å². The first-order valence-corrected chi connectivity index (χ1v) is 6.56. The van der Waals surface area contributed by atoms with E-state index < -0.39 is 10.7 Å². The smallest absolute Gasteiger partial charge is 0.295 e. The number of piperidine rings is 1. The topological polar surface area (TPSA) is 67.2 Å². The molecule has 0 spiro atoms. The van der Waals surface area contributed by atoms with Gasteiger partial charge in [0.2, 0.25) is 0 Å². The number of halogens is 1. The van der Waals surface area contributed by atoms with Gasteiger partial charge in [-0.15, -0.1) is 0 Å². The fourth-order valence-electron chi connectivity index (χ4n) is 2.41. The fraction of sp³-hybridized carbons (Fsp3) is 0.538. The third-order valence-corrected chi connectivity index (χ3v) is 3.44. The molecule has 5 nitrogen and oxygen atoms in total. The van der Waals surface area contributed by atoms with Crippen LogP contribution in [-0.4, -0.2) is 24.6 Å². The second kappa shape index (κ2) is 6.47. The molecule has 0 bridgehead atoms. The number of hydrogen-bond acceptors (Lipinski definition) is 4. The van der Waals surface area contributed by atoms with Crippen LogP contribution in [0.3, 0.4) is 0 Å². The maximum Gasteiger partial charge on any atom is 0.295 e. The zero-order chi connectivity index (χ0) is 13.7. The number of nitro groups is 1. The highest BCUT2D eigenvalue weighted by atomic mass is 19.1. The number of nitro benzene ring substituents is 1. The molecule has 1 aromatic carbocycles. The van der Waals surface area contributed by atoms with Gasteiger partial charge in [0.1, 0.15) is 5.69 Å². The van der Waals surface area contributed by atoms with Crippen LogP contribution in [0.15, 0.2) is 18.2 Å². The zero-order valence-electron chi connectivity index (χ0n) is 10.7. The molecule has 104 valence electrons. The normalized spacial score (nSPS) is 19.1. The first kappa shape index (κ1) is 13.7. The average molecular weight is 267 g/mol. The number of rotatable bonds is 5. The van der Waals surface area contributed by atoms with E-state index in [2.05, 4.69) is 10.6 Å². The predicted octanol–water partition coefficient (Wildman–Crippen LogP) is 2.54. The van der Waals surface area contributed by atoms with Crippen molar-refractivity contribution < 1.29 is 9.31 Å². The Labute approximate surface area is 111 Å². The van der Waals surface area contributed by atoms with E-state index in [0.29, 0.717) is 12.5 Å². The third-order valence-electron chi connectivity index (χ3n) is 3.44. The first-order chi connectivity index (χ1) is 9.18. The van der Waals surface area contributed by atoms with Crippen LogP contribution in [0.1, 0.15) is 19.3 Å². The van der Waals surface area contributed by atoms with E-state index >= 15 is 0 Å². The van der Waals surface area contributed by atoms with Crippen molar-refractivity contribution in [3.8, 4) is 0 Å². The molecule has 0 amide bonds. The van der Waals surface area contributed by atoms with Gasteiger partial charge in [0.05, 0.1) is 4.92 Å². The summed E-state index contributed by atoms with van der Waals surface area (Å²) in [5.74, 6) is -0.0111. The van der Waals surface area contributed by atoms with Gasteiger partial charge >= 0.3 is 0 Å². The van der Waals surface area contributed by atoms with Crippen LogP contribution in [0.2, 0.25) is 0 Å². The Bertz CT molecular complexity index is 448. The molecule has 1 saturated heterocycles. The van der Waals surface area contributed by atoms with Gasteiger partial charge < -0.3 is 10.6 Å². The highest BCUT2D eigenvalue weighted by Gasteiger charge is 2.18. The van der Waals surface area contributed by atoms with Crippen LogP contribution in [-0.2, 0) is 0 Å². The largest absolute Gasteiger partial charge is 0.377 e. The molecule has 2 N–H and O–H groups in total. The van der Waals surface area contributed by atoms with Crippen LogP contribution in [0.25, 0.3) is 0 Å². The molecule has 1 heterocycles. The summed E-state index contributed by atoms with van der Waals surface area (Å²) >= 11 is 0. The molecule has 0 aromatic heterocycles. The third kappa shape index (κ3) is 3.64. The highest BCUT2D eigenvalue weighted by Crippen LogP contribution is 2.27. The molecular weight excluding hydrogens is 249 g/mol. The van der Waals surface area contributed by atoms with E-state index in [-0.39, 0.29) is 11.4 Å². The highest BCUT2D eigenvalue weighted by molar-refractivity contribution is 5.62. The summed E-state index contributed by atoms with van der Waals surface area (Å²) in [6.45, 7) is 2.58. The fourth-order valence-corrected chi connectivity index (χ4v) is 2.41. The number of anilines is 1. The minimum Gasteiger partial charge on any atom is -0.377 e. The van der Waals surface area contributed by atoms with E-state index in [1.54, 1.807) is 0 Å². The number of benzene rings is 1. The Morgan fingerprint density at radius 1 is 1.53 bits per heavy atom. The summed E-state index contributed by atoms with van der Waals surface area (Å²) in [5.41, 5.74) is -0.210. The van der Waals surface area contributed by atoms with Crippen LogP contribution in [0, 0.1) is 21.8 Å². The minimum absolute atomic E-state index is 0.00345. The molecule has 1 atom stereocenters. The SMILES string of the molecule is O=[N+]([O-])c1cccc(F)c1NCCC1CCCNC1. The Balaban J connectivity index is 1.93. The molecule has 0 aliphatic carbocycles. The first-order valence-electron chi connectivity index (χ1n) is 6.56. The molecule has 1 unspecified atom stereocenters. The van der Waals surface area contributed by atoms with Crippen LogP contribution in [0.4, 0.5) is 15.8 Å². The molecule has 1 fully saturated rings. The second-order valence-corrected chi connectivity index (χ2v) is 4.82. The number of hydrogen-bond donors (Lipinski definition) is 2. The summed E-state index contributed by atoms with van der Waals surface area (Å²) in [4.78, 5) is 10.3. The summed E-state index contributed by atoms with van der Waals surface area (Å²) < 4.78 is 13.6. The van der Waals surface area contributed by atoms with Crippen molar-refractivity contribution >= 4 is 11.4 Å². The maximum absolute atomic E-state index is 13.6. The standard InChI is InChI=1S/C13H18FN3O2/c14-11-4-1-5-12(17(18)19)13(11)16-8-6-10-3-2-7-15-9-10/h1,4-5,10,15-16H,2-3,6-9H2. The van der Waals surface area contributed by atoms with Crippen molar-refractivity contribution in [1.29, 1.82) is 0 Å². The average Bonchev–Trinajstić information content (AvgIpc) is 2.41. The molecule has 1 aromatic rings. The Morgan fingerprint density at radius 3 is 3.05 bits per heavy atom. The molecule has 19 heavy (non-hydrogen) atoms. The number of para-hydroxylation sites is 1. The zero-order valence-corrected chi connectivity index (χ0v) is 10.7. The lowest BCUT2D eigenvalue weighted by atomic mass is 9.96. The van der Waals surface area contributed by atoms with Crippen molar-refractivity contribution in [2.24, 2.45) is 5.92 Å². The lowest BCUT2D eigenvalue weighted by Crippen LogP contribution is -2.30. The van der Waals surface area contributed by atoms with Gasteiger partial charge in [-0.05, 0) is 44.3 Å². The van der Waals surface area contributed by atoms with Crippen LogP contribution >= 0.6 is 0 Å². The van der Waals surface area contributed by atoms with Gasteiger partial charge in [0.15, 0.2) is 5.82 Å². The van der Waals surface area contributed by atoms with Gasteiger partial charge in [-0.1, -0.05) is 6.07 Å². The Hall–Kier alpha value is -1.69. The molecule has 1 aliphatic rings. The summed E-state index contributed by atoms with van der Waals surface area (Å²) in [6.07, 6.45) is 3.21. The number of nitrogens with zero attached hydrogens (tertiary/aromatic N) is 1. The van der Waals surface area contributed by atoms with Gasteiger partial charge in [-0.3, -0.25) is 10.1 Å². The molecule has 1 aliphatic heterocycles. The van der Waals surface area contributed by atoms with Crippen molar-refractivity contribution in [2.75, 3.05) is 25.0 Å². The van der Waals surface area contributed by atoms with E-state index in [1.807, 2.05) is 0 Å². The van der Waals surface area contributed by atoms with Crippen molar-refractivity contribution in [3.05, 3.63) is 34.1 Å². The van der Waals surface area contributed by atoms with Crippen LogP contribution in [0.5, 0.6) is 0 Å². The van der Waals surface area contributed by atoms with E-state index in [4.69, 9.17) is 0 Å². The van der Waals surface area contributed by atoms with Crippen molar-refractivity contribution in [2.45, 2.75) is 19.3 Å². The van der Waals surface area contributed by atoms with Crippen LogP contribution < -0.4 is 10.6 Å². The summed E-state index contributed by atoms with van der Waals surface area (Å²) in [6, 6.07) is 3.90. The monoisotopic (exact) mass is 267 g/mol. The minimum atomic E-state index is -0.573. The summed E-state index contributed by atoms with van der Waals surface area (Å²) in [7, 11) is 0. The second-order valence-electron chi connectivity index (χ2n) is 4.82. The Kier molecular flexibility index (Phi) is 4.68. The predicted molar refractivity (Wildman–Crippen MR) is 71.8 cm³/mol. The van der Waals surface area contributed by atoms with E-state index in [1.165, 1.54) is 18.2 Å². The number of nitrogens with one attached hydrogen (secondary N) is 2. The van der Waals surface area contributed by atoms with Gasteiger partial charge in [-0.2, -0.15) is 0 Å². The lowest BCUT2D eigenvalue weighted by Gasteiger charge is -2.22. The maximum atomic E-state index is 13.6. The molecule has 0 radical (unpaired) electrons. The van der Waals surface area contributed by atoms with Gasteiger partial charge in [0, 0.05) is 12.6 Å². The molecule has 2 rings (SSSR count). The molecular formula is C13H18FN3O2. The van der Waals surface area contributed by atoms with E-state index in [0.717, 1.165) is 32.4 Å².